The Morgan fingerprint density at radius 3 is 2.14 bits per heavy atom. The van der Waals surface area contributed by atoms with Crippen LogP contribution in [0.3, 0.4) is 0 Å². The first-order chi connectivity index (χ1) is 17.7. The quantitative estimate of drug-likeness (QED) is 0.413. The van der Waals surface area contributed by atoms with Crippen molar-refractivity contribution in [1.29, 1.82) is 0 Å². The molecule has 1 amide bonds. The smallest absolute Gasteiger partial charge is 0.338 e. The van der Waals surface area contributed by atoms with Crippen LogP contribution >= 0.6 is 0 Å². The van der Waals surface area contributed by atoms with Gasteiger partial charge in [0, 0.05) is 24.8 Å². The summed E-state index contributed by atoms with van der Waals surface area (Å²) in [6.45, 7) is 8.37. The maximum Gasteiger partial charge on any atom is 0.338 e. The Labute approximate surface area is 221 Å². The molecule has 1 saturated heterocycles. The molecule has 2 atom stereocenters. The van der Waals surface area contributed by atoms with Crippen LogP contribution in [0.15, 0.2) is 54.6 Å². The number of hydrogen-bond donors (Lipinski definition) is 0. The third-order valence-electron chi connectivity index (χ3n) is 7.98. The average Bonchev–Trinajstić information content (AvgIpc) is 3.34. The van der Waals surface area contributed by atoms with Crippen molar-refractivity contribution < 1.29 is 19.1 Å². The van der Waals surface area contributed by atoms with Gasteiger partial charge < -0.3 is 9.64 Å². The molecule has 1 aliphatic heterocycles. The van der Waals surface area contributed by atoms with Crippen molar-refractivity contribution in [3.8, 4) is 0 Å². The predicted molar refractivity (Wildman–Crippen MR) is 145 cm³/mol. The molecule has 198 valence electrons. The molecule has 2 aromatic carbocycles. The van der Waals surface area contributed by atoms with Gasteiger partial charge in [-0.25, -0.2) is 4.79 Å². The molecule has 1 saturated carbocycles. The lowest BCUT2D eigenvalue weighted by Gasteiger charge is -2.33. The monoisotopic (exact) mass is 503 g/mol. The zero-order valence-corrected chi connectivity index (χ0v) is 22.7. The van der Waals surface area contributed by atoms with Gasteiger partial charge in [-0.3, -0.25) is 9.59 Å². The molecule has 1 aliphatic carbocycles. The number of carbonyl (C=O) groups is 3. The van der Waals surface area contributed by atoms with Crippen LogP contribution in [0, 0.1) is 11.8 Å². The van der Waals surface area contributed by atoms with Gasteiger partial charge in [0.1, 0.15) is 5.60 Å². The molecule has 0 radical (unpaired) electrons. The lowest BCUT2D eigenvalue weighted by atomic mass is 9.80. The van der Waals surface area contributed by atoms with Gasteiger partial charge in [0.25, 0.3) is 0 Å². The van der Waals surface area contributed by atoms with Gasteiger partial charge in [-0.05, 0) is 82.1 Å². The molecular formula is C32H41NO4. The fourth-order valence-electron chi connectivity index (χ4n) is 5.94. The van der Waals surface area contributed by atoms with Crippen molar-refractivity contribution in [2.75, 3.05) is 6.54 Å². The molecular weight excluding hydrogens is 462 g/mol. The van der Waals surface area contributed by atoms with E-state index in [4.69, 9.17) is 4.74 Å². The topological polar surface area (TPSA) is 63.7 Å². The zero-order valence-electron chi connectivity index (χ0n) is 22.7. The molecule has 37 heavy (non-hydrogen) atoms. The van der Waals surface area contributed by atoms with E-state index < -0.39 is 11.6 Å². The van der Waals surface area contributed by atoms with Crippen molar-refractivity contribution in [1.82, 2.24) is 4.90 Å². The number of benzene rings is 2. The summed E-state index contributed by atoms with van der Waals surface area (Å²) in [7, 11) is 0. The Hall–Kier alpha value is -2.95. The summed E-state index contributed by atoms with van der Waals surface area (Å²) >= 11 is 0. The highest BCUT2D eigenvalue weighted by Crippen LogP contribution is 2.38. The molecule has 2 fully saturated rings. The van der Waals surface area contributed by atoms with Crippen LogP contribution in [0.5, 0.6) is 0 Å². The minimum atomic E-state index is -0.563. The summed E-state index contributed by atoms with van der Waals surface area (Å²) in [4.78, 5) is 41.8. The summed E-state index contributed by atoms with van der Waals surface area (Å²) in [5, 5.41) is 0. The van der Waals surface area contributed by atoms with Gasteiger partial charge in [-0.2, -0.15) is 0 Å². The highest BCUT2D eigenvalue weighted by atomic mass is 16.6. The van der Waals surface area contributed by atoms with Crippen LogP contribution in [0.25, 0.3) is 0 Å². The van der Waals surface area contributed by atoms with Crippen LogP contribution in [-0.4, -0.2) is 40.7 Å². The van der Waals surface area contributed by atoms with Crippen molar-refractivity contribution in [2.45, 2.75) is 90.2 Å². The second-order valence-corrected chi connectivity index (χ2v) is 11.8. The third-order valence-corrected chi connectivity index (χ3v) is 7.98. The Morgan fingerprint density at radius 1 is 0.892 bits per heavy atom. The van der Waals surface area contributed by atoms with Gasteiger partial charge in [0.05, 0.1) is 11.6 Å². The molecule has 0 aromatic heterocycles. The SMILES string of the molecule is CCC1CCC(C(=O)N2CC[C@@H](c3ccccc3)[C@H]2C(=O)Cc2ccc(C(=O)OC(C)(C)C)cc2)CC1. The van der Waals surface area contributed by atoms with E-state index in [-0.39, 0.29) is 35.9 Å². The number of nitrogens with zero attached hydrogens (tertiary/aromatic N) is 1. The van der Waals surface area contributed by atoms with E-state index in [1.165, 1.54) is 6.42 Å². The fraction of sp³-hybridized carbons (Fsp3) is 0.531. The number of ketones is 1. The highest BCUT2D eigenvalue weighted by molar-refractivity contribution is 5.93. The molecule has 0 N–H and O–H groups in total. The lowest BCUT2D eigenvalue weighted by Crippen LogP contribution is -2.46. The molecule has 4 rings (SSSR count). The van der Waals surface area contributed by atoms with Gasteiger partial charge in [0.2, 0.25) is 5.91 Å². The number of likely N-dealkylation sites (tertiary alicyclic amines) is 1. The van der Waals surface area contributed by atoms with E-state index in [2.05, 4.69) is 19.1 Å². The summed E-state index contributed by atoms with van der Waals surface area (Å²) in [5.41, 5.74) is 1.86. The summed E-state index contributed by atoms with van der Waals surface area (Å²) in [6, 6.07) is 16.8. The largest absolute Gasteiger partial charge is 0.456 e. The molecule has 5 heteroatoms. The zero-order chi connectivity index (χ0) is 26.6. The van der Waals surface area contributed by atoms with Gasteiger partial charge in [0.15, 0.2) is 5.78 Å². The van der Waals surface area contributed by atoms with Crippen molar-refractivity contribution in [3.63, 3.8) is 0 Å². The third kappa shape index (κ3) is 6.68. The molecule has 0 bridgehead atoms. The summed E-state index contributed by atoms with van der Waals surface area (Å²) in [6.07, 6.45) is 6.27. The maximum atomic E-state index is 13.8. The first kappa shape index (κ1) is 27.1. The average molecular weight is 504 g/mol. The number of hydrogen-bond acceptors (Lipinski definition) is 4. The predicted octanol–water partition coefficient (Wildman–Crippen LogP) is 6.35. The van der Waals surface area contributed by atoms with E-state index in [1.54, 1.807) is 12.1 Å². The van der Waals surface area contributed by atoms with E-state index in [9.17, 15) is 14.4 Å². The van der Waals surface area contributed by atoms with Crippen LogP contribution in [0.4, 0.5) is 0 Å². The second kappa shape index (κ2) is 11.6. The van der Waals surface area contributed by atoms with E-state index in [0.717, 1.165) is 49.1 Å². The van der Waals surface area contributed by atoms with Crippen LogP contribution in [0.2, 0.25) is 0 Å². The van der Waals surface area contributed by atoms with Gasteiger partial charge in [-0.1, -0.05) is 55.8 Å². The number of carbonyl (C=O) groups excluding carboxylic acids is 3. The van der Waals surface area contributed by atoms with Crippen molar-refractivity contribution in [3.05, 3.63) is 71.3 Å². The number of Topliss-reactive ketones (excluding diaryl/α,β-unsaturated/α-hetero) is 1. The minimum absolute atomic E-state index is 0.00525. The molecule has 0 unspecified atom stereocenters. The maximum absolute atomic E-state index is 13.8. The van der Waals surface area contributed by atoms with Gasteiger partial charge >= 0.3 is 5.97 Å². The first-order valence-electron chi connectivity index (χ1n) is 13.9. The Morgan fingerprint density at radius 2 is 1.54 bits per heavy atom. The Kier molecular flexibility index (Phi) is 8.51. The van der Waals surface area contributed by atoms with Crippen LogP contribution < -0.4 is 0 Å². The van der Waals surface area contributed by atoms with Crippen LogP contribution in [0.1, 0.15) is 93.6 Å². The molecule has 2 aliphatic rings. The summed E-state index contributed by atoms with van der Waals surface area (Å²) in [5.74, 6) is 0.602. The van der Waals surface area contributed by atoms with Crippen molar-refractivity contribution >= 4 is 17.7 Å². The number of rotatable bonds is 7. The Bertz CT molecular complexity index is 1080. The normalized spacial score (nSPS) is 24.1. The fourth-order valence-corrected chi connectivity index (χ4v) is 5.94. The minimum Gasteiger partial charge on any atom is -0.456 e. The molecule has 1 heterocycles. The first-order valence-corrected chi connectivity index (χ1v) is 13.9. The van der Waals surface area contributed by atoms with E-state index in [0.29, 0.717) is 12.1 Å². The van der Waals surface area contributed by atoms with Gasteiger partial charge in [-0.15, -0.1) is 0 Å². The van der Waals surface area contributed by atoms with Crippen molar-refractivity contribution in [2.24, 2.45) is 11.8 Å². The second-order valence-electron chi connectivity index (χ2n) is 11.8. The standard InChI is InChI=1S/C32H41NO4/c1-5-22-11-15-25(16-12-22)30(35)33-20-19-27(24-9-7-6-8-10-24)29(33)28(34)21-23-13-17-26(18-14-23)31(36)37-32(2,3)4/h6-10,13-14,17-18,22,25,27,29H,5,11-12,15-16,19-21H2,1-4H3/t22?,25?,27-,29-/m0/s1. The van der Waals surface area contributed by atoms with E-state index in [1.807, 2.05) is 56.0 Å². The number of ether oxygens (including phenoxy) is 1. The summed E-state index contributed by atoms with van der Waals surface area (Å²) < 4.78 is 5.45. The molecule has 2 aromatic rings. The highest BCUT2D eigenvalue weighted by Gasteiger charge is 2.44. The van der Waals surface area contributed by atoms with E-state index >= 15 is 0 Å². The number of amides is 1. The lowest BCUT2D eigenvalue weighted by molar-refractivity contribution is -0.142. The molecule has 0 spiro atoms. The molecule has 5 nitrogen and oxygen atoms in total. The number of esters is 1. The van der Waals surface area contributed by atoms with Crippen LogP contribution in [-0.2, 0) is 20.7 Å². The Balaban J connectivity index is 1.51.